The molecule has 0 aliphatic carbocycles. The molecule has 0 saturated carbocycles. The van der Waals surface area contributed by atoms with Gasteiger partial charge in [-0.3, -0.25) is 19.3 Å². The maximum absolute atomic E-state index is 11.8. The van der Waals surface area contributed by atoms with Crippen molar-refractivity contribution in [2.45, 2.75) is 6.42 Å². The summed E-state index contributed by atoms with van der Waals surface area (Å²) in [4.78, 5) is 35.7. The zero-order chi connectivity index (χ0) is 14.5. The molecule has 0 radical (unpaired) electrons. The SMILES string of the molecule is COc1ccccc1NC(=O)CCN1C(=O)CSC1=O. The molecule has 7 heteroatoms. The van der Waals surface area contributed by atoms with Crippen LogP contribution in [-0.2, 0) is 9.59 Å². The normalized spacial score (nSPS) is 14.6. The van der Waals surface area contributed by atoms with Crippen molar-refractivity contribution in [2.75, 3.05) is 24.7 Å². The van der Waals surface area contributed by atoms with Crippen LogP contribution in [-0.4, -0.2) is 41.4 Å². The Morgan fingerprint density at radius 3 is 2.80 bits per heavy atom. The van der Waals surface area contributed by atoms with Crippen molar-refractivity contribution in [2.24, 2.45) is 0 Å². The number of amides is 3. The van der Waals surface area contributed by atoms with Crippen LogP contribution in [0.1, 0.15) is 6.42 Å². The maximum Gasteiger partial charge on any atom is 0.288 e. The summed E-state index contributed by atoms with van der Waals surface area (Å²) in [7, 11) is 1.52. The molecule has 1 aliphatic heterocycles. The molecule has 0 bridgehead atoms. The van der Waals surface area contributed by atoms with Crippen LogP contribution in [0.3, 0.4) is 0 Å². The van der Waals surface area contributed by atoms with Gasteiger partial charge in [-0.15, -0.1) is 0 Å². The minimum absolute atomic E-state index is 0.0656. The Morgan fingerprint density at radius 1 is 1.40 bits per heavy atom. The first-order valence-corrected chi connectivity index (χ1v) is 7.00. The van der Waals surface area contributed by atoms with Gasteiger partial charge >= 0.3 is 0 Å². The molecule has 1 N–H and O–H groups in total. The zero-order valence-electron chi connectivity index (χ0n) is 10.9. The first-order chi connectivity index (χ1) is 9.61. The predicted octanol–water partition coefficient (Wildman–Crippen LogP) is 1.72. The minimum Gasteiger partial charge on any atom is -0.495 e. The van der Waals surface area contributed by atoms with E-state index in [9.17, 15) is 14.4 Å². The van der Waals surface area contributed by atoms with Crippen molar-refractivity contribution in [3.8, 4) is 5.75 Å². The van der Waals surface area contributed by atoms with Crippen LogP contribution in [0, 0.1) is 0 Å². The van der Waals surface area contributed by atoms with Gasteiger partial charge in [0.05, 0.1) is 18.6 Å². The average Bonchev–Trinajstić information content (AvgIpc) is 2.76. The summed E-state index contributed by atoms with van der Waals surface area (Å²) in [5.74, 6) is 0.203. The zero-order valence-corrected chi connectivity index (χ0v) is 11.7. The molecule has 1 fully saturated rings. The standard InChI is InChI=1S/C13H14N2O4S/c1-19-10-5-3-2-4-9(10)14-11(16)6-7-15-12(17)8-20-13(15)18/h2-5H,6-8H2,1H3,(H,14,16). The molecule has 106 valence electrons. The molecule has 1 aromatic rings. The molecule has 1 aliphatic rings. The van der Waals surface area contributed by atoms with Gasteiger partial charge < -0.3 is 10.1 Å². The molecule has 0 unspecified atom stereocenters. The van der Waals surface area contributed by atoms with Crippen LogP contribution in [0.4, 0.5) is 10.5 Å². The van der Waals surface area contributed by atoms with E-state index in [-0.39, 0.29) is 35.8 Å². The van der Waals surface area contributed by atoms with Gasteiger partial charge in [0.15, 0.2) is 0 Å². The third kappa shape index (κ3) is 3.30. The Balaban J connectivity index is 1.89. The smallest absolute Gasteiger partial charge is 0.288 e. The highest BCUT2D eigenvalue weighted by atomic mass is 32.2. The number of nitrogens with one attached hydrogen (secondary N) is 1. The number of hydrogen-bond acceptors (Lipinski definition) is 5. The Labute approximate surface area is 120 Å². The molecule has 1 heterocycles. The Bertz CT molecular complexity index is 531. The number of hydrogen-bond donors (Lipinski definition) is 1. The van der Waals surface area contributed by atoms with Gasteiger partial charge in [-0.25, -0.2) is 0 Å². The van der Waals surface area contributed by atoms with Gasteiger partial charge in [0.1, 0.15) is 5.75 Å². The molecule has 0 spiro atoms. The molecule has 0 aromatic heterocycles. The highest BCUT2D eigenvalue weighted by Gasteiger charge is 2.29. The van der Waals surface area contributed by atoms with Crippen molar-refractivity contribution in [3.05, 3.63) is 24.3 Å². The maximum atomic E-state index is 11.8. The number of carbonyl (C=O) groups excluding carboxylic acids is 3. The van der Waals surface area contributed by atoms with Gasteiger partial charge in [0, 0.05) is 13.0 Å². The fourth-order valence-electron chi connectivity index (χ4n) is 1.77. The van der Waals surface area contributed by atoms with E-state index in [1.54, 1.807) is 24.3 Å². The lowest BCUT2D eigenvalue weighted by molar-refractivity contribution is -0.125. The largest absolute Gasteiger partial charge is 0.495 e. The Morgan fingerprint density at radius 2 is 2.15 bits per heavy atom. The van der Waals surface area contributed by atoms with Gasteiger partial charge in [0.25, 0.3) is 5.24 Å². The molecule has 6 nitrogen and oxygen atoms in total. The summed E-state index contributed by atoms with van der Waals surface area (Å²) in [5, 5.41) is 2.40. The van der Waals surface area contributed by atoms with E-state index in [2.05, 4.69) is 5.32 Å². The number of rotatable bonds is 5. The third-order valence-corrected chi connectivity index (χ3v) is 3.64. The third-order valence-electron chi connectivity index (χ3n) is 2.78. The topological polar surface area (TPSA) is 75.7 Å². The molecule has 1 aromatic carbocycles. The predicted molar refractivity (Wildman–Crippen MR) is 75.8 cm³/mol. The monoisotopic (exact) mass is 294 g/mol. The molecular formula is C13H14N2O4S. The quantitative estimate of drug-likeness (QED) is 0.895. The summed E-state index contributed by atoms with van der Waals surface area (Å²) in [6.45, 7) is 0.103. The molecule has 3 amide bonds. The van der Waals surface area contributed by atoms with Crippen LogP contribution < -0.4 is 10.1 Å². The second-order valence-corrected chi connectivity index (χ2v) is 5.03. The lowest BCUT2D eigenvalue weighted by atomic mass is 10.2. The van der Waals surface area contributed by atoms with Gasteiger partial charge in [-0.1, -0.05) is 23.9 Å². The Hall–Kier alpha value is -2.02. The first kappa shape index (κ1) is 14.4. The van der Waals surface area contributed by atoms with Crippen molar-refractivity contribution >= 4 is 34.5 Å². The number of nitrogens with zero attached hydrogens (tertiary/aromatic N) is 1. The summed E-state index contributed by atoms with van der Waals surface area (Å²) in [6, 6.07) is 7.04. The van der Waals surface area contributed by atoms with Crippen molar-refractivity contribution < 1.29 is 19.1 Å². The van der Waals surface area contributed by atoms with E-state index in [0.29, 0.717) is 11.4 Å². The van der Waals surface area contributed by atoms with Crippen LogP contribution in [0.5, 0.6) is 5.75 Å². The van der Waals surface area contributed by atoms with Crippen LogP contribution >= 0.6 is 11.8 Å². The number of imide groups is 1. The first-order valence-electron chi connectivity index (χ1n) is 6.02. The highest BCUT2D eigenvalue weighted by molar-refractivity contribution is 8.14. The molecule has 0 atom stereocenters. The van der Waals surface area contributed by atoms with E-state index < -0.39 is 0 Å². The van der Waals surface area contributed by atoms with E-state index >= 15 is 0 Å². The van der Waals surface area contributed by atoms with Crippen molar-refractivity contribution in [3.63, 3.8) is 0 Å². The molecule has 1 saturated heterocycles. The number of carbonyl (C=O) groups is 3. The minimum atomic E-state index is -0.292. The fraction of sp³-hybridized carbons (Fsp3) is 0.308. The van der Waals surface area contributed by atoms with Gasteiger partial charge in [-0.05, 0) is 12.1 Å². The lowest BCUT2D eigenvalue weighted by Gasteiger charge is -2.13. The van der Waals surface area contributed by atoms with Gasteiger partial charge in [-0.2, -0.15) is 0 Å². The number of thioether (sulfide) groups is 1. The van der Waals surface area contributed by atoms with Crippen LogP contribution in [0.15, 0.2) is 24.3 Å². The number of anilines is 1. The molecule has 20 heavy (non-hydrogen) atoms. The number of methoxy groups -OCH3 is 1. The number of benzene rings is 1. The second kappa shape index (κ2) is 6.42. The summed E-state index contributed by atoms with van der Waals surface area (Å²) in [5.41, 5.74) is 0.563. The van der Waals surface area contributed by atoms with Crippen LogP contribution in [0.25, 0.3) is 0 Å². The molecular weight excluding hydrogens is 280 g/mol. The van der Waals surface area contributed by atoms with Crippen LogP contribution in [0.2, 0.25) is 0 Å². The van der Waals surface area contributed by atoms with E-state index in [1.807, 2.05) is 0 Å². The van der Waals surface area contributed by atoms with E-state index in [4.69, 9.17) is 4.74 Å². The van der Waals surface area contributed by atoms with E-state index in [1.165, 1.54) is 7.11 Å². The highest BCUT2D eigenvalue weighted by Crippen LogP contribution is 2.23. The second-order valence-electron chi connectivity index (χ2n) is 4.10. The summed E-state index contributed by atoms with van der Waals surface area (Å²) >= 11 is 0.961. The van der Waals surface area contributed by atoms with Gasteiger partial charge in [0.2, 0.25) is 11.8 Å². The fourth-order valence-corrected chi connectivity index (χ4v) is 2.52. The number of ether oxygens (including phenoxy) is 1. The number of para-hydroxylation sites is 2. The van der Waals surface area contributed by atoms with E-state index in [0.717, 1.165) is 16.7 Å². The summed E-state index contributed by atoms with van der Waals surface area (Å²) in [6.07, 6.45) is 0.0656. The van der Waals surface area contributed by atoms with Crippen molar-refractivity contribution in [1.82, 2.24) is 4.90 Å². The summed E-state index contributed by atoms with van der Waals surface area (Å²) < 4.78 is 5.12. The Kier molecular flexibility index (Phi) is 4.62. The molecule has 2 rings (SSSR count). The van der Waals surface area contributed by atoms with Crippen molar-refractivity contribution in [1.29, 1.82) is 0 Å². The lowest BCUT2D eigenvalue weighted by Crippen LogP contribution is -2.31. The average molecular weight is 294 g/mol.